The highest BCUT2D eigenvalue weighted by atomic mass is 19.1. The number of alkyl halides is 1. The predicted octanol–water partition coefficient (Wildman–Crippen LogP) is 8.51. The van der Waals surface area contributed by atoms with Crippen LogP contribution in [0.5, 0.6) is 5.75 Å². The van der Waals surface area contributed by atoms with Gasteiger partial charge in [0.05, 0.1) is 6.61 Å². The molecule has 0 aliphatic carbocycles. The summed E-state index contributed by atoms with van der Waals surface area (Å²) in [4.78, 5) is 9.09. The Labute approximate surface area is 195 Å². The van der Waals surface area contributed by atoms with Gasteiger partial charge in [-0.05, 0) is 49.1 Å². The zero-order valence-corrected chi connectivity index (χ0v) is 20.3. The maximum atomic E-state index is 13.3. The number of nitrogens with zero attached hydrogens (tertiary/aromatic N) is 2. The zero-order valence-electron chi connectivity index (χ0n) is 20.3. The van der Waals surface area contributed by atoms with Gasteiger partial charge in [-0.3, -0.25) is 0 Å². The fraction of sp³-hybridized carbons (Fsp3) is 0.643. The maximum absolute atomic E-state index is 13.3. The molecule has 0 aliphatic heterocycles. The minimum absolute atomic E-state index is 0.401. The number of hydrogen-bond donors (Lipinski definition) is 0. The van der Waals surface area contributed by atoms with Crippen molar-refractivity contribution in [2.75, 3.05) is 6.61 Å². The number of halogens is 1. The summed E-state index contributed by atoms with van der Waals surface area (Å²) < 4.78 is 18.9. The zero-order chi connectivity index (χ0) is 22.9. The van der Waals surface area contributed by atoms with Gasteiger partial charge >= 0.3 is 0 Å². The van der Waals surface area contributed by atoms with Crippen LogP contribution in [0, 0.1) is 0 Å². The van der Waals surface area contributed by atoms with Gasteiger partial charge < -0.3 is 4.74 Å². The van der Waals surface area contributed by atoms with E-state index < -0.39 is 6.17 Å². The highest BCUT2D eigenvalue weighted by molar-refractivity contribution is 5.55. The lowest BCUT2D eigenvalue weighted by atomic mass is 10.0. The van der Waals surface area contributed by atoms with Crippen LogP contribution in [0.2, 0.25) is 0 Å². The molecule has 1 unspecified atom stereocenters. The Bertz CT molecular complexity index is 702. The van der Waals surface area contributed by atoms with Crippen molar-refractivity contribution in [3.05, 3.63) is 42.2 Å². The SMILES string of the molecule is CCCCCCCCCCCCCc1cnc(-c2ccc(OCCC(F)CC)cc2)nc1. The molecule has 32 heavy (non-hydrogen) atoms. The van der Waals surface area contributed by atoms with E-state index in [9.17, 15) is 4.39 Å². The van der Waals surface area contributed by atoms with Crippen molar-refractivity contribution < 1.29 is 9.13 Å². The van der Waals surface area contributed by atoms with E-state index in [2.05, 4.69) is 16.9 Å². The molecule has 2 rings (SSSR count). The molecule has 1 aromatic carbocycles. The Morgan fingerprint density at radius 1 is 0.781 bits per heavy atom. The highest BCUT2D eigenvalue weighted by Crippen LogP contribution is 2.20. The van der Waals surface area contributed by atoms with Crippen LogP contribution in [0.3, 0.4) is 0 Å². The average molecular weight is 443 g/mol. The van der Waals surface area contributed by atoms with Crippen LogP contribution < -0.4 is 4.74 Å². The number of unbranched alkanes of at least 4 members (excludes halogenated alkanes) is 10. The molecule has 0 N–H and O–H groups in total. The number of ether oxygens (including phenoxy) is 1. The van der Waals surface area contributed by atoms with E-state index in [0.29, 0.717) is 19.4 Å². The fourth-order valence-corrected chi connectivity index (χ4v) is 3.84. The second kappa shape index (κ2) is 16.6. The van der Waals surface area contributed by atoms with Gasteiger partial charge in [0.25, 0.3) is 0 Å². The third-order valence-corrected chi connectivity index (χ3v) is 6.03. The summed E-state index contributed by atoms with van der Waals surface area (Å²) in [5.41, 5.74) is 2.18. The molecule has 178 valence electrons. The smallest absolute Gasteiger partial charge is 0.159 e. The van der Waals surface area contributed by atoms with Gasteiger partial charge in [0, 0.05) is 24.4 Å². The molecule has 3 nitrogen and oxygen atoms in total. The van der Waals surface area contributed by atoms with Gasteiger partial charge in [-0.15, -0.1) is 0 Å². The van der Waals surface area contributed by atoms with Crippen LogP contribution in [0.1, 0.15) is 103 Å². The second-order valence-corrected chi connectivity index (χ2v) is 8.87. The standard InChI is InChI=1S/C28H43FN2O/c1-3-5-6-7-8-9-10-11-12-13-14-15-24-22-30-28(31-23-24)25-16-18-27(19-17-25)32-21-20-26(29)4-2/h16-19,22-23,26H,3-15,20-21H2,1-2H3. The molecule has 0 aliphatic rings. The number of hydrogen-bond acceptors (Lipinski definition) is 3. The van der Waals surface area contributed by atoms with E-state index in [0.717, 1.165) is 23.6 Å². The average Bonchev–Trinajstić information content (AvgIpc) is 2.83. The number of rotatable bonds is 18. The molecule has 0 radical (unpaired) electrons. The summed E-state index contributed by atoms with van der Waals surface area (Å²) in [6.07, 6.45) is 20.1. The summed E-state index contributed by atoms with van der Waals surface area (Å²) >= 11 is 0. The predicted molar refractivity (Wildman–Crippen MR) is 133 cm³/mol. The van der Waals surface area contributed by atoms with Gasteiger partial charge in [0.2, 0.25) is 0 Å². The summed E-state index contributed by atoms with van der Waals surface area (Å²) in [6.45, 7) is 4.53. The van der Waals surface area contributed by atoms with Crippen molar-refractivity contribution in [2.24, 2.45) is 0 Å². The molecular formula is C28H43FN2O. The van der Waals surface area contributed by atoms with E-state index in [1.165, 1.54) is 76.2 Å². The van der Waals surface area contributed by atoms with Crippen LogP contribution in [-0.2, 0) is 6.42 Å². The Hall–Kier alpha value is -1.97. The summed E-state index contributed by atoms with van der Waals surface area (Å²) in [5.74, 6) is 1.49. The lowest BCUT2D eigenvalue weighted by molar-refractivity contribution is 0.231. The van der Waals surface area contributed by atoms with Crippen LogP contribution >= 0.6 is 0 Å². The molecule has 4 heteroatoms. The monoisotopic (exact) mass is 442 g/mol. The fourth-order valence-electron chi connectivity index (χ4n) is 3.84. The van der Waals surface area contributed by atoms with Crippen molar-refractivity contribution in [1.82, 2.24) is 9.97 Å². The third kappa shape index (κ3) is 11.1. The van der Waals surface area contributed by atoms with Crippen LogP contribution in [0.4, 0.5) is 4.39 Å². The second-order valence-electron chi connectivity index (χ2n) is 8.87. The first-order valence-corrected chi connectivity index (χ1v) is 12.9. The van der Waals surface area contributed by atoms with Crippen LogP contribution in [-0.4, -0.2) is 22.7 Å². The molecule has 0 saturated heterocycles. The molecule has 0 amide bonds. The van der Waals surface area contributed by atoms with Crippen molar-refractivity contribution >= 4 is 0 Å². The van der Waals surface area contributed by atoms with Gasteiger partial charge in [0.1, 0.15) is 11.9 Å². The normalized spacial score (nSPS) is 12.1. The lowest BCUT2D eigenvalue weighted by Crippen LogP contribution is -2.06. The first-order chi connectivity index (χ1) is 15.7. The van der Waals surface area contributed by atoms with Gasteiger partial charge in [0.15, 0.2) is 5.82 Å². The van der Waals surface area contributed by atoms with Gasteiger partial charge in [-0.1, -0.05) is 78.1 Å². The van der Waals surface area contributed by atoms with Crippen molar-refractivity contribution in [2.45, 2.75) is 110 Å². The molecule has 2 aromatic rings. The Balaban J connectivity index is 1.59. The minimum Gasteiger partial charge on any atom is -0.493 e. The summed E-state index contributed by atoms with van der Waals surface area (Å²) in [5, 5.41) is 0. The first-order valence-electron chi connectivity index (χ1n) is 12.9. The molecule has 1 heterocycles. The largest absolute Gasteiger partial charge is 0.493 e. The van der Waals surface area contributed by atoms with E-state index in [1.807, 2.05) is 43.6 Å². The molecular weight excluding hydrogens is 399 g/mol. The molecule has 1 atom stereocenters. The maximum Gasteiger partial charge on any atom is 0.159 e. The first kappa shape index (κ1) is 26.3. The Morgan fingerprint density at radius 3 is 1.91 bits per heavy atom. The third-order valence-electron chi connectivity index (χ3n) is 6.03. The molecule has 0 bridgehead atoms. The van der Waals surface area contributed by atoms with E-state index >= 15 is 0 Å². The number of aromatic nitrogens is 2. The lowest BCUT2D eigenvalue weighted by Gasteiger charge is -2.09. The topological polar surface area (TPSA) is 35.0 Å². The Kier molecular flexibility index (Phi) is 13.7. The van der Waals surface area contributed by atoms with E-state index in [-0.39, 0.29) is 0 Å². The van der Waals surface area contributed by atoms with Crippen LogP contribution in [0.15, 0.2) is 36.7 Å². The van der Waals surface area contributed by atoms with Crippen molar-refractivity contribution in [3.8, 4) is 17.1 Å². The van der Waals surface area contributed by atoms with E-state index in [4.69, 9.17) is 4.74 Å². The summed E-state index contributed by atoms with van der Waals surface area (Å²) in [6, 6.07) is 7.72. The van der Waals surface area contributed by atoms with Gasteiger partial charge in [-0.25, -0.2) is 14.4 Å². The molecule has 1 aromatic heterocycles. The quantitative estimate of drug-likeness (QED) is 0.217. The highest BCUT2D eigenvalue weighted by Gasteiger charge is 2.05. The number of benzene rings is 1. The van der Waals surface area contributed by atoms with Crippen molar-refractivity contribution in [3.63, 3.8) is 0 Å². The minimum atomic E-state index is -0.786. The number of aryl methyl sites for hydroxylation is 1. The molecule has 0 fully saturated rings. The van der Waals surface area contributed by atoms with E-state index in [1.54, 1.807) is 0 Å². The summed E-state index contributed by atoms with van der Waals surface area (Å²) in [7, 11) is 0. The molecule has 0 saturated carbocycles. The van der Waals surface area contributed by atoms with Crippen LogP contribution in [0.25, 0.3) is 11.4 Å². The molecule has 0 spiro atoms. The Morgan fingerprint density at radius 2 is 1.34 bits per heavy atom. The van der Waals surface area contributed by atoms with Gasteiger partial charge in [-0.2, -0.15) is 0 Å². The van der Waals surface area contributed by atoms with Crippen molar-refractivity contribution in [1.29, 1.82) is 0 Å².